The SMILES string of the molecule is Cc1cccc(CNC(C)C(=O)N2CCCC2)n1. The van der Waals surface area contributed by atoms with Crippen LogP contribution in [-0.2, 0) is 11.3 Å². The van der Waals surface area contributed by atoms with Crippen molar-refractivity contribution in [3.63, 3.8) is 0 Å². The molecular weight excluding hydrogens is 226 g/mol. The van der Waals surface area contributed by atoms with Crippen molar-refractivity contribution in [2.45, 2.75) is 39.3 Å². The van der Waals surface area contributed by atoms with Crippen LogP contribution in [0.25, 0.3) is 0 Å². The molecule has 1 amide bonds. The number of nitrogens with one attached hydrogen (secondary N) is 1. The average molecular weight is 247 g/mol. The van der Waals surface area contributed by atoms with Gasteiger partial charge in [0.2, 0.25) is 5.91 Å². The molecule has 1 aliphatic heterocycles. The maximum atomic E-state index is 12.1. The lowest BCUT2D eigenvalue weighted by molar-refractivity contribution is -0.131. The minimum atomic E-state index is -0.134. The summed E-state index contributed by atoms with van der Waals surface area (Å²) in [5.41, 5.74) is 1.99. The molecule has 4 heteroatoms. The first-order chi connectivity index (χ1) is 8.66. The van der Waals surface area contributed by atoms with Crippen LogP contribution >= 0.6 is 0 Å². The van der Waals surface area contributed by atoms with Crippen molar-refractivity contribution >= 4 is 5.91 Å². The van der Waals surface area contributed by atoms with E-state index in [0.717, 1.165) is 37.3 Å². The lowest BCUT2D eigenvalue weighted by Gasteiger charge is -2.21. The molecular formula is C14H21N3O. The van der Waals surface area contributed by atoms with Gasteiger partial charge in [-0.25, -0.2) is 0 Å². The maximum absolute atomic E-state index is 12.1. The van der Waals surface area contributed by atoms with Crippen LogP contribution in [0.15, 0.2) is 18.2 Å². The number of aromatic nitrogens is 1. The number of likely N-dealkylation sites (tertiary alicyclic amines) is 1. The smallest absolute Gasteiger partial charge is 0.239 e. The third kappa shape index (κ3) is 3.29. The van der Waals surface area contributed by atoms with E-state index in [4.69, 9.17) is 0 Å². The minimum Gasteiger partial charge on any atom is -0.341 e. The second kappa shape index (κ2) is 5.96. The van der Waals surface area contributed by atoms with Crippen molar-refractivity contribution in [2.75, 3.05) is 13.1 Å². The van der Waals surface area contributed by atoms with Gasteiger partial charge in [0.15, 0.2) is 0 Å². The van der Waals surface area contributed by atoms with E-state index in [1.54, 1.807) is 0 Å². The number of carbonyl (C=O) groups is 1. The van der Waals surface area contributed by atoms with Crippen LogP contribution in [0.4, 0.5) is 0 Å². The summed E-state index contributed by atoms with van der Waals surface area (Å²) < 4.78 is 0. The molecule has 1 fully saturated rings. The summed E-state index contributed by atoms with van der Waals surface area (Å²) in [5, 5.41) is 3.25. The predicted molar refractivity (Wildman–Crippen MR) is 71.1 cm³/mol. The Morgan fingerprint density at radius 1 is 1.44 bits per heavy atom. The van der Waals surface area contributed by atoms with Crippen LogP contribution in [0.2, 0.25) is 0 Å². The molecule has 0 saturated carbocycles. The van der Waals surface area contributed by atoms with Gasteiger partial charge in [0.1, 0.15) is 0 Å². The molecule has 2 rings (SSSR count). The molecule has 1 unspecified atom stereocenters. The summed E-state index contributed by atoms with van der Waals surface area (Å²) >= 11 is 0. The van der Waals surface area contributed by atoms with Gasteiger partial charge in [0.05, 0.1) is 11.7 Å². The lowest BCUT2D eigenvalue weighted by Crippen LogP contribution is -2.43. The normalized spacial score (nSPS) is 16.9. The van der Waals surface area contributed by atoms with E-state index in [0.29, 0.717) is 6.54 Å². The Bertz CT molecular complexity index is 413. The summed E-state index contributed by atoms with van der Waals surface area (Å²) in [5.74, 6) is 0.208. The Labute approximate surface area is 108 Å². The number of nitrogens with zero attached hydrogens (tertiary/aromatic N) is 2. The molecule has 1 aromatic rings. The van der Waals surface area contributed by atoms with Crippen molar-refractivity contribution in [3.8, 4) is 0 Å². The lowest BCUT2D eigenvalue weighted by atomic mass is 10.2. The van der Waals surface area contributed by atoms with Gasteiger partial charge in [-0.3, -0.25) is 9.78 Å². The monoisotopic (exact) mass is 247 g/mol. The molecule has 1 saturated heterocycles. The van der Waals surface area contributed by atoms with Gasteiger partial charge in [0.25, 0.3) is 0 Å². The van der Waals surface area contributed by atoms with E-state index in [1.165, 1.54) is 0 Å². The summed E-state index contributed by atoms with van der Waals surface area (Å²) in [6, 6.07) is 5.81. The number of rotatable bonds is 4. The Kier molecular flexibility index (Phi) is 4.31. The zero-order chi connectivity index (χ0) is 13.0. The van der Waals surface area contributed by atoms with Crippen LogP contribution in [0.1, 0.15) is 31.2 Å². The molecule has 1 aliphatic rings. The fourth-order valence-corrected chi connectivity index (χ4v) is 2.25. The average Bonchev–Trinajstić information content (AvgIpc) is 2.89. The topological polar surface area (TPSA) is 45.2 Å². The molecule has 0 aliphatic carbocycles. The maximum Gasteiger partial charge on any atom is 0.239 e. The molecule has 18 heavy (non-hydrogen) atoms. The number of amides is 1. The summed E-state index contributed by atoms with van der Waals surface area (Å²) in [7, 11) is 0. The van der Waals surface area contributed by atoms with Gasteiger partial charge >= 0.3 is 0 Å². The van der Waals surface area contributed by atoms with Crippen LogP contribution < -0.4 is 5.32 Å². The highest BCUT2D eigenvalue weighted by molar-refractivity contribution is 5.81. The van der Waals surface area contributed by atoms with E-state index in [1.807, 2.05) is 36.9 Å². The highest BCUT2D eigenvalue weighted by Gasteiger charge is 2.22. The Morgan fingerprint density at radius 2 is 2.17 bits per heavy atom. The van der Waals surface area contributed by atoms with Crippen molar-refractivity contribution in [3.05, 3.63) is 29.6 Å². The van der Waals surface area contributed by atoms with E-state index < -0.39 is 0 Å². The van der Waals surface area contributed by atoms with E-state index >= 15 is 0 Å². The van der Waals surface area contributed by atoms with Crippen LogP contribution in [0.3, 0.4) is 0 Å². The van der Waals surface area contributed by atoms with Gasteiger partial charge in [-0.1, -0.05) is 6.07 Å². The van der Waals surface area contributed by atoms with E-state index in [9.17, 15) is 4.79 Å². The minimum absolute atomic E-state index is 0.134. The van der Waals surface area contributed by atoms with Gasteiger partial charge < -0.3 is 10.2 Å². The fourth-order valence-electron chi connectivity index (χ4n) is 2.25. The van der Waals surface area contributed by atoms with Gasteiger partial charge in [-0.2, -0.15) is 0 Å². The third-order valence-electron chi connectivity index (χ3n) is 3.32. The second-order valence-electron chi connectivity index (χ2n) is 4.91. The molecule has 1 N–H and O–H groups in total. The van der Waals surface area contributed by atoms with Gasteiger partial charge in [-0.15, -0.1) is 0 Å². The van der Waals surface area contributed by atoms with Crippen LogP contribution in [-0.4, -0.2) is 34.9 Å². The predicted octanol–water partition coefficient (Wildman–Crippen LogP) is 1.49. The Hall–Kier alpha value is -1.42. The van der Waals surface area contributed by atoms with Crippen molar-refractivity contribution < 1.29 is 4.79 Å². The molecule has 1 atom stereocenters. The fraction of sp³-hybridized carbons (Fsp3) is 0.571. The third-order valence-corrected chi connectivity index (χ3v) is 3.32. The van der Waals surface area contributed by atoms with Crippen molar-refractivity contribution in [2.24, 2.45) is 0 Å². The number of pyridine rings is 1. The molecule has 98 valence electrons. The summed E-state index contributed by atoms with van der Waals surface area (Å²) in [6.45, 7) is 6.36. The second-order valence-corrected chi connectivity index (χ2v) is 4.91. The molecule has 0 bridgehead atoms. The number of aryl methyl sites for hydroxylation is 1. The van der Waals surface area contributed by atoms with E-state index in [-0.39, 0.29) is 11.9 Å². The zero-order valence-corrected chi connectivity index (χ0v) is 11.1. The summed E-state index contributed by atoms with van der Waals surface area (Å²) in [6.07, 6.45) is 2.27. The number of hydrogen-bond donors (Lipinski definition) is 1. The van der Waals surface area contributed by atoms with Crippen LogP contribution in [0, 0.1) is 6.92 Å². The molecule has 0 spiro atoms. The van der Waals surface area contributed by atoms with Gasteiger partial charge in [-0.05, 0) is 38.8 Å². The first-order valence-electron chi connectivity index (χ1n) is 6.61. The number of carbonyl (C=O) groups excluding carboxylic acids is 1. The molecule has 0 radical (unpaired) electrons. The molecule has 0 aromatic carbocycles. The zero-order valence-electron chi connectivity index (χ0n) is 11.1. The first kappa shape index (κ1) is 13.0. The Morgan fingerprint density at radius 3 is 2.83 bits per heavy atom. The van der Waals surface area contributed by atoms with Gasteiger partial charge in [0, 0.05) is 25.3 Å². The first-order valence-corrected chi connectivity index (χ1v) is 6.61. The molecule has 2 heterocycles. The molecule has 1 aromatic heterocycles. The number of hydrogen-bond acceptors (Lipinski definition) is 3. The standard InChI is InChI=1S/C14H21N3O/c1-11-6-5-7-13(16-11)10-15-12(2)14(18)17-8-3-4-9-17/h5-7,12,15H,3-4,8-10H2,1-2H3. The largest absolute Gasteiger partial charge is 0.341 e. The molecule has 4 nitrogen and oxygen atoms in total. The highest BCUT2D eigenvalue weighted by Crippen LogP contribution is 2.09. The van der Waals surface area contributed by atoms with Crippen molar-refractivity contribution in [1.29, 1.82) is 0 Å². The highest BCUT2D eigenvalue weighted by atomic mass is 16.2. The Balaban J connectivity index is 1.84. The van der Waals surface area contributed by atoms with E-state index in [2.05, 4.69) is 10.3 Å². The van der Waals surface area contributed by atoms with Crippen LogP contribution in [0.5, 0.6) is 0 Å². The summed E-state index contributed by atoms with van der Waals surface area (Å²) in [4.78, 5) is 18.4. The quantitative estimate of drug-likeness (QED) is 0.877. The van der Waals surface area contributed by atoms with Crippen molar-refractivity contribution in [1.82, 2.24) is 15.2 Å².